The Labute approximate surface area is 145 Å². The first-order valence-electron chi connectivity index (χ1n) is 8.25. The van der Waals surface area contributed by atoms with Gasteiger partial charge in [0.15, 0.2) is 0 Å². The lowest BCUT2D eigenvalue weighted by Crippen LogP contribution is -2.45. The highest BCUT2D eigenvalue weighted by atomic mass is 16.5. The highest BCUT2D eigenvalue weighted by molar-refractivity contribution is 5.65. The van der Waals surface area contributed by atoms with Crippen molar-refractivity contribution in [3.05, 3.63) is 41.7 Å². The van der Waals surface area contributed by atoms with Crippen molar-refractivity contribution in [1.29, 1.82) is 0 Å². The van der Waals surface area contributed by atoms with E-state index in [1.807, 2.05) is 24.3 Å². The minimum absolute atomic E-state index is 0.115. The molecule has 1 aromatic carbocycles. The fourth-order valence-corrected chi connectivity index (χ4v) is 3.20. The van der Waals surface area contributed by atoms with Gasteiger partial charge >= 0.3 is 6.09 Å². The maximum Gasteiger partial charge on any atom is 0.407 e. The van der Waals surface area contributed by atoms with E-state index in [0.717, 1.165) is 23.4 Å². The van der Waals surface area contributed by atoms with Crippen molar-refractivity contribution in [2.45, 2.75) is 31.4 Å². The molecule has 1 aromatic heterocycles. The number of piperidine rings is 1. The lowest BCUT2D eigenvalue weighted by Gasteiger charge is -2.34. The Kier molecular flexibility index (Phi) is 5.18. The number of rotatable bonds is 5. The summed E-state index contributed by atoms with van der Waals surface area (Å²) in [4.78, 5) is 12.3. The summed E-state index contributed by atoms with van der Waals surface area (Å²) in [6.07, 6.45) is 1.26. The number of amides is 1. The number of hydrogen-bond acceptors (Lipinski definition) is 5. The van der Waals surface area contributed by atoms with E-state index >= 15 is 0 Å². The van der Waals surface area contributed by atoms with Gasteiger partial charge in [0, 0.05) is 19.0 Å². The molecule has 8 nitrogen and oxygen atoms in total. The summed E-state index contributed by atoms with van der Waals surface area (Å²) in [5, 5.41) is 27.5. The number of carbonyl (C=O) groups is 1. The molecular formula is C17H22N4O4. The molecular weight excluding hydrogens is 324 g/mol. The molecule has 1 saturated heterocycles. The molecule has 2 N–H and O–H groups in total. The van der Waals surface area contributed by atoms with Crippen molar-refractivity contribution in [2.24, 2.45) is 0 Å². The maximum atomic E-state index is 11.0. The van der Waals surface area contributed by atoms with Crippen molar-refractivity contribution >= 4 is 6.09 Å². The third kappa shape index (κ3) is 3.90. The van der Waals surface area contributed by atoms with Gasteiger partial charge in [-0.25, -0.2) is 9.48 Å². The van der Waals surface area contributed by atoms with Gasteiger partial charge in [0.2, 0.25) is 0 Å². The molecule has 2 heterocycles. The van der Waals surface area contributed by atoms with Crippen molar-refractivity contribution < 1.29 is 19.7 Å². The summed E-state index contributed by atoms with van der Waals surface area (Å²) in [7, 11) is 1.64. The molecule has 0 saturated carbocycles. The fourth-order valence-electron chi connectivity index (χ4n) is 3.20. The van der Waals surface area contributed by atoms with Crippen molar-refractivity contribution in [1.82, 2.24) is 19.9 Å². The minimum atomic E-state index is -0.997. The minimum Gasteiger partial charge on any atom is -0.497 e. The summed E-state index contributed by atoms with van der Waals surface area (Å²) in [5.74, 6) is 0.667. The third-order valence-corrected chi connectivity index (χ3v) is 4.65. The summed E-state index contributed by atoms with van der Waals surface area (Å²) >= 11 is 0. The number of likely N-dealkylation sites (tertiary alicyclic amines) is 1. The van der Waals surface area contributed by atoms with E-state index in [1.165, 1.54) is 4.90 Å². The van der Waals surface area contributed by atoms with Gasteiger partial charge in [-0.15, -0.1) is 5.10 Å². The lowest BCUT2D eigenvalue weighted by atomic mass is 9.91. The number of hydrogen-bond donors (Lipinski definition) is 2. The molecule has 0 spiro atoms. The second kappa shape index (κ2) is 7.52. The molecule has 1 amide bonds. The van der Waals surface area contributed by atoms with Crippen LogP contribution in [0.1, 0.15) is 23.6 Å². The maximum absolute atomic E-state index is 11.0. The Balaban J connectivity index is 1.65. The number of aliphatic hydroxyl groups excluding tert-OH is 1. The third-order valence-electron chi connectivity index (χ3n) is 4.65. The van der Waals surface area contributed by atoms with Crippen LogP contribution in [-0.4, -0.2) is 62.5 Å². The van der Waals surface area contributed by atoms with Gasteiger partial charge < -0.3 is 19.8 Å². The van der Waals surface area contributed by atoms with Gasteiger partial charge in [-0.2, -0.15) is 0 Å². The first-order chi connectivity index (χ1) is 12.1. The molecule has 0 aliphatic carbocycles. The summed E-state index contributed by atoms with van der Waals surface area (Å²) in [6, 6.07) is 7.86. The fraction of sp³-hybridized carbons (Fsp3) is 0.471. The SMILES string of the molecule is COc1ccc(CCn2nncc2[C@H]2CCN(C(=O)O)C[C@@H]2O)cc1. The van der Waals surface area contributed by atoms with Crippen molar-refractivity contribution in [3.8, 4) is 5.75 Å². The number of aromatic nitrogens is 3. The Morgan fingerprint density at radius 1 is 1.36 bits per heavy atom. The number of β-amino-alcohol motifs (C(OH)–C–C–N with tert-alkyl or cyclic N) is 1. The summed E-state index contributed by atoms with van der Waals surface area (Å²) < 4.78 is 6.95. The van der Waals surface area contributed by atoms with Crippen LogP contribution in [0.15, 0.2) is 30.5 Å². The zero-order chi connectivity index (χ0) is 17.8. The summed E-state index contributed by atoms with van der Waals surface area (Å²) in [6.45, 7) is 1.16. The molecule has 0 bridgehead atoms. The molecule has 8 heteroatoms. The van der Waals surface area contributed by atoms with E-state index in [1.54, 1.807) is 18.0 Å². The van der Waals surface area contributed by atoms with Crippen LogP contribution < -0.4 is 4.74 Å². The van der Waals surface area contributed by atoms with E-state index in [0.29, 0.717) is 19.5 Å². The average Bonchev–Trinajstić information content (AvgIpc) is 3.08. The van der Waals surface area contributed by atoms with Gasteiger partial charge in [-0.1, -0.05) is 17.3 Å². The van der Waals surface area contributed by atoms with Crippen LogP contribution in [0.25, 0.3) is 0 Å². The molecule has 1 aliphatic heterocycles. The molecule has 0 radical (unpaired) electrons. The molecule has 2 aromatic rings. The number of methoxy groups -OCH3 is 1. The topological polar surface area (TPSA) is 101 Å². The number of carboxylic acid groups (broad SMARTS) is 1. The van der Waals surface area contributed by atoms with E-state index in [-0.39, 0.29) is 12.5 Å². The van der Waals surface area contributed by atoms with Gasteiger partial charge in [0.1, 0.15) is 5.75 Å². The predicted molar refractivity (Wildman–Crippen MR) is 89.7 cm³/mol. The smallest absolute Gasteiger partial charge is 0.407 e. The highest BCUT2D eigenvalue weighted by Gasteiger charge is 2.33. The van der Waals surface area contributed by atoms with Crippen LogP contribution >= 0.6 is 0 Å². The number of aryl methyl sites for hydroxylation is 2. The van der Waals surface area contributed by atoms with Crippen LogP contribution in [0.3, 0.4) is 0 Å². The van der Waals surface area contributed by atoms with E-state index in [4.69, 9.17) is 9.84 Å². The van der Waals surface area contributed by atoms with Crippen molar-refractivity contribution in [3.63, 3.8) is 0 Å². The number of ether oxygens (including phenoxy) is 1. The first kappa shape index (κ1) is 17.2. The van der Waals surface area contributed by atoms with Gasteiger partial charge in [-0.3, -0.25) is 0 Å². The van der Waals surface area contributed by atoms with Crippen LogP contribution in [0.5, 0.6) is 5.75 Å². The lowest BCUT2D eigenvalue weighted by molar-refractivity contribution is 0.0480. The average molecular weight is 346 g/mol. The van der Waals surface area contributed by atoms with Gasteiger partial charge in [-0.05, 0) is 30.5 Å². The van der Waals surface area contributed by atoms with Crippen LogP contribution in [0.4, 0.5) is 4.79 Å². The molecule has 25 heavy (non-hydrogen) atoms. The number of nitrogens with zero attached hydrogens (tertiary/aromatic N) is 4. The zero-order valence-electron chi connectivity index (χ0n) is 14.1. The van der Waals surface area contributed by atoms with E-state index in [9.17, 15) is 9.90 Å². The Morgan fingerprint density at radius 2 is 2.12 bits per heavy atom. The predicted octanol–water partition coefficient (Wildman–Crippen LogP) is 1.36. The zero-order valence-corrected chi connectivity index (χ0v) is 14.1. The number of aliphatic hydroxyl groups is 1. The highest BCUT2D eigenvalue weighted by Crippen LogP contribution is 2.28. The standard InChI is InChI=1S/C17H22N4O4/c1-25-13-4-2-12(3-5-13)6-9-21-15(10-18-19-21)14-7-8-20(17(23)24)11-16(14)22/h2-5,10,14,16,22H,6-9,11H2,1H3,(H,23,24)/t14-,16+/m1/s1. The van der Waals surface area contributed by atoms with Crippen LogP contribution in [0.2, 0.25) is 0 Å². The molecule has 1 aliphatic rings. The monoisotopic (exact) mass is 346 g/mol. The Morgan fingerprint density at radius 3 is 2.76 bits per heavy atom. The van der Waals surface area contributed by atoms with Gasteiger partial charge in [0.25, 0.3) is 0 Å². The van der Waals surface area contributed by atoms with Crippen LogP contribution in [-0.2, 0) is 13.0 Å². The number of benzene rings is 1. The quantitative estimate of drug-likeness (QED) is 0.848. The normalized spacial score (nSPS) is 20.5. The van der Waals surface area contributed by atoms with Crippen molar-refractivity contribution in [2.75, 3.05) is 20.2 Å². The Bertz CT molecular complexity index is 716. The molecule has 1 fully saturated rings. The van der Waals surface area contributed by atoms with E-state index in [2.05, 4.69) is 10.3 Å². The molecule has 134 valence electrons. The summed E-state index contributed by atoms with van der Waals surface area (Å²) in [5.41, 5.74) is 2.01. The van der Waals surface area contributed by atoms with Crippen LogP contribution in [0, 0.1) is 0 Å². The molecule has 3 rings (SSSR count). The first-order valence-corrected chi connectivity index (χ1v) is 8.25. The largest absolute Gasteiger partial charge is 0.497 e. The second-order valence-corrected chi connectivity index (χ2v) is 6.17. The molecule has 2 atom stereocenters. The van der Waals surface area contributed by atoms with Gasteiger partial charge in [0.05, 0.1) is 31.6 Å². The molecule has 0 unspecified atom stereocenters. The Hall–Kier alpha value is -2.61. The second-order valence-electron chi connectivity index (χ2n) is 6.17. The van der Waals surface area contributed by atoms with E-state index < -0.39 is 12.2 Å².